The van der Waals surface area contributed by atoms with E-state index in [1.807, 2.05) is 4.90 Å². The zero-order valence-corrected chi connectivity index (χ0v) is 16.0. The number of piperidine rings is 2. The normalized spacial score (nSPS) is 36.5. The molecule has 1 saturated carbocycles. The summed E-state index contributed by atoms with van der Waals surface area (Å²) in [5.74, 6) is -1.23. The Morgan fingerprint density at radius 1 is 0.893 bits per heavy atom. The van der Waals surface area contributed by atoms with Gasteiger partial charge in [0.1, 0.15) is 6.10 Å². The van der Waals surface area contributed by atoms with Crippen molar-refractivity contribution in [3.8, 4) is 0 Å². The fourth-order valence-corrected chi connectivity index (χ4v) is 4.85. The second-order valence-corrected chi connectivity index (χ2v) is 8.70. The van der Waals surface area contributed by atoms with Crippen LogP contribution >= 0.6 is 0 Å². The van der Waals surface area contributed by atoms with Gasteiger partial charge in [-0.2, -0.15) is 13.2 Å². The predicted octanol–water partition coefficient (Wildman–Crippen LogP) is 0.992. The molecule has 6 nitrogen and oxygen atoms in total. The number of aliphatic hydroxyl groups excluding tert-OH is 3. The van der Waals surface area contributed by atoms with Crippen LogP contribution in [0.5, 0.6) is 0 Å². The number of likely N-dealkylation sites (tertiary alicyclic amines) is 2. The number of nitrogens with zero attached hydrogens (tertiary/aromatic N) is 2. The summed E-state index contributed by atoms with van der Waals surface area (Å²) in [5.41, 5.74) is 0. The lowest BCUT2D eigenvalue weighted by Crippen LogP contribution is -2.56. The van der Waals surface area contributed by atoms with Crippen LogP contribution in [0.4, 0.5) is 13.2 Å². The van der Waals surface area contributed by atoms with Crippen molar-refractivity contribution in [3.63, 3.8) is 0 Å². The van der Waals surface area contributed by atoms with Gasteiger partial charge in [-0.1, -0.05) is 0 Å². The van der Waals surface area contributed by atoms with Crippen molar-refractivity contribution in [2.75, 3.05) is 32.7 Å². The molecule has 0 aromatic rings. The maximum atomic E-state index is 12.8. The standard InChI is InChI=1S/C19H31F3N2O4/c20-19(21,22)14-3-1-13(2-4-14)18(28)24-7-5-12(6-8-24)9-23-10-15(25)17(27)16(26)11-23/h12-17,25-27H,1-11H2. The third kappa shape index (κ3) is 5.17. The first kappa shape index (κ1) is 21.8. The van der Waals surface area contributed by atoms with Gasteiger partial charge in [-0.15, -0.1) is 0 Å². The Morgan fingerprint density at radius 2 is 1.43 bits per heavy atom. The van der Waals surface area contributed by atoms with E-state index in [2.05, 4.69) is 0 Å². The number of alkyl halides is 3. The van der Waals surface area contributed by atoms with E-state index in [0.717, 1.165) is 12.8 Å². The molecule has 3 aliphatic rings. The number of carbonyl (C=O) groups is 1. The van der Waals surface area contributed by atoms with Gasteiger partial charge in [0, 0.05) is 38.6 Å². The number of carbonyl (C=O) groups excluding carboxylic acids is 1. The quantitative estimate of drug-likeness (QED) is 0.649. The van der Waals surface area contributed by atoms with Crippen molar-refractivity contribution in [3.05, 3.63) is 0 Å². The molecular weight excluding hydrogens is 377 g/mol. The molecule has 3 fully saturated rings. The highest BCUT2D eigenvalue weighted by Crippen LogP contribution is 2.40. The summed E-state index contributed by atoms with van der Waals surface area (Å²) >= 11 is 0. The molecule has 2 heterocycles. The van der Waals surface area contributed by atoms with Crippen molar-refractivity contribution in [1.82, 2.24) is 9.80 Å². The summed E-state index contributed by atoms with van der Waals surface area (Å²) in [5, 5.41) is 29.2. The Bertz CT molecular complexity index is 520. The van der Waals surface area contributed by atoms with Crippen LogP contribution in [-0.4, -0.2) is 88.2 Å². The first-order valence-corrected chi connectivity index (χ1v) is 10.3. The molecule has 0 radical (unpaired) electrons. The minimum atomic E-state index is -4.15. The van der Waals surface area contributed by atoms with Crippen molar-refractivity contribution in [2.24, 2.45) is 17.8 Å². The minimum Gasteiger partial charge on any atom is -0.389 e. The van der Waals surface area contributed by atoms with E-state index >= 15 is 0 Å². The van der Waals surface area contributed by atoms with E-state index in [4.69, 9.17) is 0 Å². The van der Waals surface area contributed by atoms with Crippen LogP contribution in [0.25, 0.3) is 0 Å². The van der Waals surface area contributed by atoms with Gasteiger partial charge in [-0.3, -0.25) is 9.69 Å². The maximum absolute atomic E-state index is 12.8. The SMILES string of the molecule is O=C(C1CCC(C(F)(F)F)CC1)N1CCC(CN2CC(O)C(O)C(O)C2)CC1. The third-order valence-electron chi connectivity index (χ3n) is 6.66. The Hall–Kier alpha value is -0.900. The molecule has 28 heavy (non-hydrogen) atoms. The fourth-order valence-electron chi connectivity index (χ4n) is 4.85. The molecule has 0 aromatic heterocycles. The molecule has 3 rings (SSSR count). The monoisotopic (exact) mass is 408 g/mol. The van der Waals surface area contributed by atoms with Crippen LogP contribution in [0.1, 0.15) is 38.5 Å². The second kappa shape index (κ2) is 8.85. The lowest BCUT2D eigenvalue weighted by molar-refractivity contribution is -0.185. The average Bonchev–Trinajstić information content (AvgIpc) is 2.65. The van der Waals surface area contributed by atoms with Crippen LogP contribution in [0.2, 0.25) is 0 Å². The highest BCUT2D eigenvalue weighted by Gasteiger charge is 2.43. The molecule has 2 aliphatic heterocycles. The number of amides is 1. The van der Waals surface area contributed by atoms with Crippen LogP contribution in [-0.2, 0) is 4.79 Å². The molecular formula is C19H31F3N2O4. The number of aliphatic hydroxyl groups is 3. The van der Waals surface area contributed by atoms with Gasteiger partial charge < -0.3 is 20.2 Å². The largest absolute Gasteiger partial charge is 0.391 e. The molecule has 9 heteroatoms. The lowest BCUT2D eigenvalue weighted by Gasteiger charge is -2.41. The molecule has 2 unspecified atom stereocenters. The molecule has 2 atom stereocenters. The predicted molar refractivity (Wildman–Crippen MR) is 95.3 cm³/mol. The van der Waals surface area contributed by atoms with Crippen LogP contribution in [0.3, 0.4) is 0 Å². The second-order valence-electron chi connectivity index (χ2n) is 8.70. The van der Waals surface area contributed by atoms with Gasteiger partial charge in [0.2, 0.25) is 5.91 Å². The van der Waals surface area contributed by atoms with Gasteiger partial charge in [0.15, 0.2) is 0 Å². The van der Waals surface area contributed by atoms with E-state index in [1.54, 1.807) is 4.90 Å². The molecule has 1 amide bonds. The van der Waals surface area contributed by atoms with Gasteiger partial charge in [-0.05, 0) is 44.4 Å². The van der Waals surface area contributed by atoms with E-state index in [9.17, 15) is 33.3 Å². The summed E-state index contributed by atoms with van der Waals surface area (Å²) in [6.45, 7) is 2.54. The van der Waals surface area contributed by atoms with Crippen molar-refractivity contribution in [2.45, 2.75) is 63.0 Å². The highest BCUT2D eigenvalue weighted by molar-refractivity contribution is 5.79. The highest BCUT2D eigenvalue weighted by atomic mass is 19.4. The average molecular weight is 408 g/mol. The Balaban J connectivity index is 1.41. The van der Waals surface area contributed by atoms with Crippen molar-refractivity contribution < 1.29 is 33.3 Å². The van der Waals surface area contributed by atoms with E-state index in [-0.39, 0.29) is 24.7 Å². The minimum absolute atomic E-state index is 0.00832. The van der Waals surface area contributed by atoms with Gasteiger partial charge >= 0.3 is 6.18 Å². The summed E-state index contributed by atoms with van der Waals surface area (Å²) in [6, 6.07) is 0. The molecule has 2 saturated heterocycles. The fraction of sp³-hybridized carbons (Fsp3) is 0.947. The number of halogens is 3. The molecule has 162 valence electrons. The van der Waals surface area contributed by atoms with Crippen LogP contribution in [0, 0.1) is 17.8 Å². The van der Waals surface area contributed by atoms with E-state index in [0.29, 0.717) is 51.5 Å². The molecule has 1 aliphatic carbocycles. The summed E-state index contributed by atoms with van der Waals surface area (Å²) in [4.78, 5) is 16.4. The van der Waals surface area contributed by atoms with Crippen LogP contribution < -0.4 is 0 Å². The Labute approximate surface area is 163 Å². The van der Waals surface area contributed by atoms with Crippen molar-refractivity contribution in [1.29, 1.82) is 0 Å². The van der Waals surface area contributed by atoms with Gasteiger partial charge in [-0.25, -0.2) is 0 Å². The lowest BCUT2D eigenvalue weighted by atomic mass is 9.80. The molecule has 0 aromatic carbocycles. The van der Waals surface area contributed by atoms with E-state index in [1.165, 1.54) is 0 Å². The summed E-state index contributed by atoms with van der Waals surface area (Å²) in [6.07, 6.45) is -4.87. The number of rotatable bonds is 3. The zero-order chi connectivity index (χ0) is 20.5. The summed E-state index contributed by atoms with van der Waals surface area (Å²) in [7, 11) is 0. The number of hydrogen-bond donors (Lipinski definition) is 3. The zero-order valence-electron chi connectivity index (χ0n) is 16.0. The molecule has 0 spiro atoms. The van der Waals surface area contributed by atoms with Gasteiger partial charge in [0.05, 0.1) is 18.1 Å². The van der Waals surface area contributed by atoms with E-state index < -0.39 is 30.4 Å². The topological polar surface area (TPSA) is 84.2 Å². The van der Waals surface area contributed by atoms with Gasteiger partial charge in [0.25, 0.3) is 0 Å². The Kier molecular flexibility index (Phi) is 6.89. The molecule has 0 bridgehead atoms. The first-order chi connectivity index (χ1) is 13.1. The Morgan fingerprint density at radius 3 is 1.93 bits per heavy atom. The third-order valence-corrected chi connectivity index (χ3v) is 6.66. The number of hydrogen-bond acceptors (Lipinski definition) is 5. The smallest absolute Gasteiger partial charge is 0.389 e. The number of β-amino-alcohol motifs (C(OH)–C–C–N with tert-alkyl or cyclic N) is 2. The summed E-state index contributed by atoms with van der Waals surface area (Å²) < 4.78 is 38.4. The first-order valence-electron chi connectivity index (χ1n) is 10.3. The molecule has 3 N–H and O–H groups in total. The van der Waals surface area contributed by atoms with Crippen molar-refractivity contribution >= 4 is 5.91 Å². The maximum Gasteiger partial charge on any atom is 0.391 e. The van der Waals surface area contributed by atoms with Crippen LogP contribution in [0.15, 0.2) is 0 Å².